The molecule has 4 aromatic carbocycles. The van der Waals surface area contributed by atoms with Crippen LogP contribution >= 0.6 is 15.9 Å². The molecule has 0 amide bonds. The fourth-order valence-electron chi connectivity index (χ4n) is 3.95. The number of aromatic nitrogens is 1. The van der Waals surface area contributed by atoms with E-state index in [1.807, 2.05) is 12.1 Å². The third-order valence-electron chi connectivity index (χ3n) is 5.39. The fraction of sp³-hybridized carbons (Fsp3) is 0. The predicted molar refractivity (Wildman–Crippen MR) is 134 cm³/mol. The van der Waals surface area contributed by atoms with Crippen molar-refractivity contribution in [2.75, 3.05) is 0 Å². The largest absolute Gasteiger partial charge is 0.241 e. The van der Waals surface area contributed by atoms with Crippen LogP contribution in [0.3, 0.4) is 0 Å². The van der Waals surface area contributed by atoms with Gasteiger partial charge in [0.1, 0.15) is 4.60 Å². The standard InChI is InChI=1S/C29H20BrN/c30-28-18-10-17-27(31-28)29-25(22-13-6-2-7-14-22)19-24(21-11-4-1-5-12-21)20-26(29)23-15-8-3-9-16-23/h1-20H. The summed E-state index contributed by atoms with van der Waals surface area (Å²) in [5, 5.41) is 0. The van der Waals surface area contributed by atoms with E-state index in [0.717, 1.165) is 15.9 Å². The average molecular weight is 462 g/mol. The van der Waals surface area contributed by atoms with Gasteiger partial charge in [0.2, 0.25) is 0 Å². The van der Waals surface area contributed by atoms with E-state index in [-0.39, 0.29) is 0 Å². The molecular formula is C29H20BrN. The van der Waals surface area contributed by atoms with Gasteiger partial charge in [-0.25, -0.2) is 4.98 Å². The van der Waals surface area contributed by atoms with Crippen molar-refractivity contribution in [2.45, 2.75) is 0 Å². The van der Waals surface area contributed by atoms with Gasteiger partial charge < -0.3 is 0 Å². The molecule has 5 aromatic rings. The van der Waals surface area contributed by atoms with E-state index in [9.17, 15) is 0 Å². The number of rotatable bonds is 4. The van der Waals surface area contributed by atoms with Crippen LogP contribution in [-0.4, -0.2) is 4.98 Å². The van der Waals surface area contributed by atoms with Crippen molar-refractivity contribution < 1.29 is 0 Å². The lowest BCUT2D eigenvalue weighted by molar-refractivity contribution is 1.28. The summed E-state index contributed by atoms with van der Waals surface area (Å²) >= 11 is 3.56. The zero-order chi connectivity index (χ0) is 21.0. The molecular weight excluding hydrogens is 442 g/mol. The van der Waals surface area contributed by atoms with Crippen LogP contribution in [0.25, 0.3) is 44.6 Å². The van der Waals surface area contributed by atoms with Crippen LogP contribution in [0.15, 0.2) is 126 Å². The summed E-state index contributed by atoms with van der Waals surface area (Å²) in [5.41, 5.74) is 9.18. The first-order valence-corrected chi connectivity index (χ1v) is 11.1. The second-order valence-corrected chi connectivity index (χ2v) is 8.20. The van der Waals surface area contributed by atoms with Crippen LogP contribution in [0, 0.1) is 0 Å². The van der Waals surface area contributed by atoms with Gasteiger partial charge in [-0.1, -0.05) is 97.1 Å². The van der Waals surface area contributed by atoms with Crippen molar-refractivity contribution in [3.63, 3.8) is 0 Å². The number of hydrogen-bond donors (Lipinski definition) is 0. The summed E-state index contributed by atoms with van der Waals surface area (Å²) in [6.45, 7) is 0. The molecule has 0 unspecified atom stereocenters. The SMILES string of the molecule is Brc1cccc(-c2c(-c3ccccc3)cc(-c3ccccc3)cc2-c2ccccc2)n1. The maximum absolute atomic E-state index is 4.83. The first-order chi connectivity index (χ1) is 15.3. The summed E-state index contributed by atoms with van der Waals surface area (Å²) in [7, 11) is 0. The molecule has 0 aliphatic heterocycles. The molecule has 148 valence electrons. The number of hydrogen-bond acceptors (Lipinski definition) is 1. The molecule has 0 N–H and O–H groups in total. The van der Waals surface area contributed by atoms with E-state index in [0.29, 0.717) is 0 Å². The van der Waals surface area contributed by atoms with Crippen LogP contribution in [-0.2, 0) is 0 Å². The number of benzene rings is 4. The molecule has 1 nitrogen and oxygen atoms in total. The first kappa shape index (κ1) is 19.5. The summed E-state index contributed by atoms with van der Waals surface area (Å²) < 4.78 is 0.829. The number of halogens is 1. The first-order valence-electron chi connectivity index (χ1n) is 10.3. The van der Waals surface area contributed by atoms with E-state index in [4.69, 9.17) is 4.98 Å². The van der Waals surface area contributed by atoms with Crippen molar-refractivity contribution in [1.29, 1.82) is 0 Å². The highest BCUT2D eigenvalue weighted by molar-refractivity contribution is 9.10. The van der Waals surface area contributed by atoms with Crippen LogP contribution in [0.4, 0.5) is 0 Å². The van der Waals surface area contributed by atoms with E-state index < -0.39 is 0 Å². The molecule has 0 atom stereocenters. The molecule has 2 heteroatoms. The second kappa shape index (κ2) is 8.71. The quantitative estimate of drug-likeness (QED) is 0.244. The lowest BCUT2D eigenvalue weighted by Crippen LogP contribution is -1.95. The Morgan fingerprint density at radius 2 is 0.935 bits per heavy atom. The minimum absolute atomic E-state index is 0.829. The zero-order valence-electron chi connectivity index (χ0n) is 16.9. The molecule has 1 heterocycles. The van der Waals surface area contributed by atoms with Crippen molar-refractivity contribution in [3.05, 3.63) is 126 Å². The molecule has 0 aliphatic carbocycles. The van der Waals surface area contributed by atoms with Gasteiger partial charge in [-0.05, 0) is 73.6 Å². The molecule has 31 heavy (non-hydrogen) atoms. The summed E-state index contributed by atoms with van der Waals surface area (Å²) in [6, 6.07) is 42.4. The number of nitrogens with zero attached hydrogens (tertiary/aromatic N) is 1. The van der Waals surface area contributed by atoms with Crippen molar-refractivity contribution in [2.24, 2.45) is 0 Å². The van der Waals surface area contributed by atoms with Crippen LogP contribution in [0.5, 0.6) is 0 Å². The minimum Gasteiger partial charge on any atom is -0.241 e. The van der Waals surface area contributed by atoms with Gasteiger partial charge in [0.05, 0.1) is 5.69 Å². The Bertz CT molecular complexity index is 1250. The summed E-state index contributed by atoms with van der Waals surface area (Å²) in [5.74, 6) is 0. The molecule has 0 radical (unpaired) electrons. The van der Waals surface area contributed by atoms with Gasteiger partial charge in [-0.2, -0.15) is 0 Å². The Balaban J connectivity index is 1.88. The number of pyridine rings is 1. The highest BCUT2D eigenvalue weighted by atomic mass is 79.9. The molecule has 0 bridgehead atoms. The Morgan fingerprint density at radius 3 is 1.42 bits per heavy atom. The van der Waals surface area contributed by atoms with Gasteiger partial charge in [0.25, 0.3) is 0 Å². The van der Waals surface area contributed by atoms with Gasteiger partial charge >= 0.3 is 0 Å². The molecule has 0 saturated carbocycles. The maximum atomic E-state index is 4.83. The van der Waals surface area contributed by atoms with Crippen LogP contribution < -0.4 is 0 Å². The van der Waals surface area contributed by atoms with Gasteiger partial charge in [0.15, 0.2) is 0 Å². The second-order valence-electron chi connectivity index (χ2n) is 7.39. The third kappa shape index (κ3) is 4.08. The molecule has 1 aromatic heterocycles. The van der Waals surface area contributed by atoms with E-state index in [2.05, 4.69) is 125 Å². The highest BCUT2D eigenvalue weighted by Crippen LogP contribution is 2.42. The van der Waals surface area contributed by atoms with Crippen molar-refractivity contribution >= 4 is 15.9 Å². The lowest BCUT2D eigenvalue weighted by Gasteiger charge is -2.18. The predicted octanol–water partition coefficient (Wildman–Crippen LogP) is 8.51. The Kier molecular flexibility index (Phi) is 5.47. The van der Waals surface area contributed by atoms with E-state index in [1.165, 1.54) is 33.4 Å². The highest BCUT2D eigenvalue weighted by Gasteiger charge is 2.18. The molecule has 0 aliphatic rings. The zero-order valence-corrected chi connectivity index (χ0v) is 18.5. The smallest absolute Gasteiger partial charge is 0.106 e. The third-order valence-corrected chi connectivity index (χ3v) is 5.83. The van der Waals surface area contributed by atoms with E-state index in [1.54, 1.807) is 0 Å². The van der Waals surface area contributed by atoms with Gasteiger partial charge in [0, 0.05) is 5.56 Å². The van der Waals surface area contributed by atoms with Crippen LogP contribution in [0.1, 0.15) is 0 Å². The average Bonchev–Trinajstić information content (AvgIpc) is 2.85. The fourth-order valence-corrected chi connectivity index (χ4v) is 4.30. The Morgan fingerprint density at radius 1 is 0.452 bits per heavy atom. The monoisotopic (exact) mass is 461 g/mol. The van der Waals surface area contributed by atoms with Crippen LogP contribution in [0.2, 0.25) is 0 Å². The van der Waals surface area contributed by atoms with Gasteiger partial charge in [-0.15, -0.1) is 0 Å². The van der Waals surface area contributed by atoms with Gasteiger partial charge in [-0.3, -0.25) is 0 Å². The lowest BCUT2D eigenvalue weighted by atomic mass is 9.86. The Labute approximate surface area is 191 Å². The molecule has 0 fully saturated rings. The summed E-state index contributed by atoms with van der Waals surface area (Å²) in [4.78, 5) is 4.83. The van der Waals surface area contributed by atoms with E-state index >= 15 is 0 Å². The minimum atomic E-state index is 0.829. The Hall–Kier alpha value is -3.49. The molecule has 0 spiro atoms. The normalized spacial score (nSPS) is 10.7. The van der Waals surface area contributed by atoms with Crippen molar-refractivity contribution in [1.82, 2.24) is 4.98 Å². The maximum Gasteiger partial charge on any atom is 0.106 e. The molecule has 5 rings (SSSR count). The van der Waals surface area contributed by atoms with Crippen molar-refractivity contribution in [3.8, 4) is 44.6 Å². The molecule has 0 saturated heterocycles. The topological polar surface area (TPSA) is 12.9 Å². The summed E-state index contributed by atoms with van der Waals surface area (Å²) in [6.07, 6.45) is 0.